The summed E-state index contributed by atoms with van der Waals surface area (Å²) in [4.78, 5) is 30.2. The predicted octanol–water partition coefficient (Wildman–Crippen LogP) is 2.69. The normalized spacial score (nSPS) is 29.5. The van der Waals surface area contributed by atoms with Crippen LogP contribution in [0.3, 0.4) is 0 Å². The van der Waals surface area contributed by atoms with E-state index in [1.165, 1.54) is 0 Å². The molecule has 160 valence electrons. The fraction of sp³-hybridized carbons (Fsp3) is 0.909. The number of nitrogens with zero attached hydrogens (tertiary/aromatic N) is 2. The van der Waals surface area contributed by atoms with Crippen molar-refractivity contribution >= 4 is 11.9 Å². The second-order valence-corrected chi connectivity index (χ2v) is 10.1. The highest BCUT2D eigenvalue weighted by Gasteiger charge is 2.64. The Labute approximate surface area is 170 Å². The number of rotatable bonds is 5. The third-order valence-electron chi connectivity index (χ3n) is 7.45. The van der Waals surface area contributed by atoms with Crippen molar-refractivity contribution in [1.82, 2.24) is 20.4 Å². The summed E-state index contributed by atoms with van der Waals surface area (Å²) >= 11 is 0. The third kappa shape index (κ3) is 3.89. The summed E-state index contributed by atoms with van der Waals surface area (Å²) < 4.78 is 0. The Bertz CT molecular complexity index is 583. The number of urea groups is 1. The van der Waals surface area contributed by atoms with E-state index in [1.807, 2.05) is 18.7 Å². The molecule has 2 heterocycles. The van der Waals surface area contributed by atoms with Gasteiger partial charge in [0.1, 0.15) is 0 Å². The molecule has 1 spiro atoms. The minimum atomic E-state index is -0.229. The Morgan fingerprint density at radius 1 is 1.07 bits per heavy atom. The van der Waals surface area contributed by atoms with Gasteiger partial charge in [-0.05, 0) is 63.3 Å². The number of fused-ring (bicyclic) bond motifs is 2. The molecule has 2 aliphatic heterocycles. The van der Waals surface area contributed by atoms with Gasteiger partial charge in [-0.1, -0.05) is 20.8 Å². The zero-order valence-electron chi connectivity index (χ0n) is 18.5. The van der Waals surface area contributed by atoms with E-state index >= 15 is 0 Å². The summed E-state index contributed by atoms with van der Waals surface area (Å²) in [6.45, 7) is 15.8. The summed E-state index contributed by atoms with van der Waals surface area (Å²) in [5.41, 5.74) is -0.0129. The number of likely N-dealkylation sites (tertiary alicyclic amines) is 2. The van der Waals surface area contributed by atoms with E-state index < -0.39 is 0 Å². The topological polar surface area (TPSA) is 64.7 Å². The van der Waals surface area contributed by atoms with Crippen LogP contribution >= 0.6 is 0 Å². The quantitative estimate of drug-likeness (QED) is 0.756. The van der Waals surface area contributed by atoms with Crippen molar-refractivity contribution in [3.8, 4) is 0 Å². The molecule has 3 rings (SSSR count). The first-order valence-corrected chi connectivity index (χ1v) is 11.3. The molecule has 2 atom stereocenters. The molecule has 0 aromatic heterocycles. The van der Waals surface area contributed by atoms with Crippen molar-refractivity contribution in [3.05, 3.63) is 0 Å². The van der Waals surface area contributed by atoms with E-state index in [2.05, 4.69) is 36.3 Å². The number of hydrogen-bond donors (Lipinski definition) is 2. The zero-order valence-corrected chi connectivity index (χ0v) is 18.5. The maximum absolute atomic E-state index is 13.3. The molecule has 3 amide bonds. The average Bonchev–Trinajstić information content (AvgIpc) is 3.17. The minimum absolute atomic E-state index is 0.0605. The molecule has 0 unspecified atom stereocenters. The summed E-state index contributed by atoms with van der Waals surface area (Å²) in [5.74, 6) is 1.17. The zero-order chi connectivity index (χ0) is 20.5. The maximum Gasteiger partial charge on any atom is 0.317 e. The number of carbonyl (C=O) groups is 2. The Hall–Kier alpha value is -1.30. The van der Waals surface area contributed by atoms with Gasteiger partial charge in [-0.2, -0.15) is 0 Å². The molecule has 6 heteroatoms. The number of amides is 3. The second kappa shape index (κ2) is 8.21. The first-order chi connectivity index (χ1) is 13.2. The smallest absolute Gasteiger partial charge is 0.317 e. The minimum Gasteiger partial charge on any atom is -0.355 e. The van der Waals surface area contributed by atoms with Crippen molar-refractivity contribution in [2.75, 3.05) is 39.3 Å². The lowest BCUT2D eigenvalue weighted by Gasteiger charge is -2.44. The lowest BCUT2D eigenvalue weighted by Crippen LogP contribution is -2.52. The van der Waals surface area contributed by atoms with Crippen LogP contribution in [-0.4, -0.2) is 67.0 Å². The molecule has 3 aliphatic rings. The second-order valence-electron chi connectivity index (χ2n) is 10.1. The van der Waals surface area contributed by atoms with Crippen LogP contribution in [0, 0.1) is 22.7 Å². The van der Waals surface area contributed by atoms with Crippen LogP contribution in [0.4, 0.5) is 4.79 Å². The van der Waals surface area contributed by atoms with Crippen molar-refractivity contribution in [3.63, 3.8) is 0 Å². The average molecular weight is 393 g/mol. The highest BCUT2D eigenvalue weighted by Crippen LogP contribution is 2.62. The number of carbonyl (C=O) groups excluding carboxylic acids is 2. The largest absolute Gasteiger partial charge is 0.355 e. The highest BCUT2D eigenvalue weighted by atomic mass is 16.2. The first-order valence-electron chi connectivity index (χ1n) is 11.3. The Morgan fingerprint density at radius 3 is 2.32 bits per heavy atom. The number of nitrogens with one attached hydrogen (secondary N) is 2. The highest BCUT2D eigenvalue weighted by molar-refractivity contribution is 5.84. The SMILES string of the molecule is CCN1C[C@H]2C3(CCN(C(=O)NC(C)C)CC3)CC[C@@]2(C(=O)NCC(C)C)C1. The van der Waals surface area contributed by atoms with Gasteiger partial charge >= 0.3 is 6.03 Å². The van der Waals surface area contributed by atoms with Gasteiger partial charge in [-0.15, -0.1) is 0 Å². The summed E-state index contributed by atoms with van der Waals surface area (Å²) in [6.07, 6.45) is 4.18. The van der Waals surface area contributed by atoms with Gasteiger partial charge in [-0.3, -0.25) is 4.79 Å². The Morgan fingerprint density at radius 2 is 1.75 bits per heavy atom. The van der Waals surface area contributed by atoms with Gasteiger partial charge in [0.15, 0.2) is 0 Å². The molecule has 0 aromatic carbocycles. The Balaban J connectivity index is 1.72. The molecule has 0 radical (unpaired) electrons. The van der Waals surface area contributed by atoms with Gasteiger partial charge in [0.2, 0.25) is 5.91 Å². The van der Waals surface area contributed by atoms with Crippen LogP contribution in [0.2, 0.25) is 0 Å². The fourth-order valence-electron chi connectivity index (χ4n) is 5.84. The lowest BCUT2D eigenvalue weighted by atomic mass is 9.65. The van der Waals surface area contributed by atoms with E-state index in [9.17, 15) is 9.59 Å². The molecule has 28 heavy (non-hydrogen) atoms. The van der Waals surface area contributed by atoms with E-state index in [4.69, 9.17) is 0 Å². The molecule has 1 saturated carbocycles. The summed E-state index contributed by atoms with van der Waals surface area (Å²) in [5, 5.41) is 6.28. The van der Waals surface area contributed by atoms with Crippen molar-refractivity contribution in [1.29, 1.82) is 0 Å². The van der Waals surface area contributed by atoms with Crippen molar-refractivity contribution in [2.45, 2.75) is 66.3 Å². The molecule has 2 N–H and O–H groups in total. The molecule has 6 nitrogen and oxygen atoms in total. The van der Waals surface area contributed by atoms with Gasteiger partial charge in [0.05, 0.1) is 5.41 Å². The molecular formula is C22H40N4O2. The number of piperidine rings is 1. The van der Waals surface area contributed by atoms with E-state index in [-0.39, 0.29) is 28.8 Å². The van der Waals surface area contributed by atoms with E-state index in [1.54, 1.807) is 0 Å². The first kappa shape index (κ1) is 21.4. The molecule has 1 aliphatic carbocycles. The fourth-order valence-corrected chi connectivity index (χ4v) is 5.84. The predicted molar refractivity (Wildman–Crippen MR) is 112 cm³/mol. The standard InChI is InChI=1S/C22H40N4O2/c1-6-25-14-18-21(9-11-26(12-10-21)20(28)24-17(4)5)7-8-22(18,15-25)19(27)23-13-16(2)3/h16-18H,6-15H2,1-5H3,(H,23,27)(H,24,28)/t18-,22+/m0/s1. The van der Waals surface area contributed by atoms with Crippen molar-refractivity contribution in [2.24, 2.45) is 22.7 Å². The number of hydrogen-bond acceptors (Lipinski definition) is 3. The van der Waals surface area contributed by atoms with Gasteiger partial charge in [0, 0.05) is 38.8 Å². The van der Waals surface area contributed by atoms with Crippen LogP contribution in [0.25, 0.3) is 0 Å². The van der Waals surface area contributed by atoms with Crippen LogP contribution in [0.15, 0.2) is 0 Å². The van der Waals surface area contributed by atoms with Crippen molar-refractivity contribution < 1.29 is 9.59 Å². The van der Waals surface area contributed by atoms with E-state index in [0.717, 1.165) is 65.0 Å². The van der Waals surface area contributed by atoms with Crippen LogP contribution in [0.1, 0.15) is 60.3 Å². The molecule has 0 bridgehead atoms. The Kier molecular flexibility index (Phi) is 6.28. The van der Waals surface area contributed by atoms with Gasteiger partial charge < -0.3 is 20.4 Å². The lowest BCUT2D eigenvalue weighted by molar-refractivity contribution is -0.133. The molecule has 3 fully saturated rings. The summed E-state index contributed by atoms with van der Waals surface area (Å²) in [7, 11) is 0. The van der Waals surface area contributed by atoms with E-state index in [0.29, 0.717) is 11.8 Å². The molecule has 2 saturated heterocycles. The molecule has 0 aromatic rings. The third-order valence-corrected chi connectivity index (χ3v) is 7.45. The van der Waals surface area contributed by atoms with Crippen LogP contribution in [-0.2, 0) is 4.79 Å². The molecular weight excluding hydrogens is 352 g/mol. The van der Waals surface area contributed by atoms with Crippen LogP contribution in [0.5, 0.6) is 0 Å². The monoisotopic (exact) mass is 392 g/mol. The summed E-state index contributed by atoms with van der Waals surface area (Å²) in [6, 6.07) is 0.227. The maximum atomic E-state index is 13.3. The van der Waals surface area contributed by atoms with Gasteiger partial charge in [0.25, 0.3) is 0 Å². The van der Waals surface area contributed by atoms with Crippen LogP contribution < -0.4 is 10.6 Å². The van der Waals surface area contributed by atoms with Gasteiger partial charge in [-0.25, -0.2) is 4.79 Å².